The van der Waals surface area contributed by atoms with Gasteiger partial charge in [0, 0.05) is 6.42 Å². The molecule has 0 saturated heterocycles. The first kappa shape index (κ1) is 15.6. The summed E-state index contributed by atoms with van der Waals surface area (Å²) in [6.45, 7) is 2.00. The van der Waals surface area contributed by atoms with E-state index in [9.17, 15) is 4.79 Å². The molecule has 3 nitrogen and oxygen atoms in total. The molecule has 0 radical (unpaired) electrons. The molecule has 0 fully saturated rings. The van der Waals surface area contributed by atoms with E-state index < -0.39 is 0 Å². The van der Waals surface area contributed by atoms with E-state index in [2.05, 4.69) is 15.9 Å². The van der Waals surface area contributed by atoms with E-state index in [1.165, 1.54) is 0 Å². The van der Waals surface area contributed by atoms with Crippen LogP contribution in [0.15, 0.2) is 40.9 Å². The van der Waals surface area contributed by atoms with Gasteiger partial charge in [0.15, 0.2) is 5.78 Å². The smallest absolute Gasteiger partial charge is 0.171 e. The predicted octanol–water partition coefficient (Wildman–Crippen LogP) is 4.20. The number of Topliss-reactive ketones (excluding diaryl/α,β-unsaturated/α-hetero) is 1. The van der Waals surface area contributed by atoms with Crippen LogP contribution in [0.3, 0.4) is 0 Å². The van der Waals surface area contributed by atoms with E-state index in [1.807, 2.05) is 31.2 Å². The van der Waals surface area contributed by atoms with Gasteiger partial charge in [-0.3, -0.25) is 4.79 Å². The molecular formula is C17H17BrO3. The van der Waals surface area contributed by atoms with Crippen LogP contribution in [-0.2, 0) is 6.42 Å². The van der Waals surface area contributed by atoms with E-state index in [1.54, 1.807) is 26.4 Å². The Hall–Kier alpha value is -1.81. The fourth-order valence-corrected chi connectivity index (χ4v) is 2.64. The predicted molar refractivity (Wildman–Crippen MR) is 86.5 cm³/mol. The minimum atomic E-state index is 0.00644. The number of ketones is 1. The number of halogens is 1. The second-order valence-corrected chi connectivity index (χ2v) is 5.57. The molecule has 0 aromatic heterocycles. The number of methoxy groups -OCH3 is 2. The summed E-state index contributed by atoms with van der Waals surface area (Å²) in [5.74, 6) is 1.16. The van der Waals surface area contributed by atoms with Crippen LogP contribution in [0.5, 0.6) is 11.5 Å². The summed E-state index contributed by atoms with van der Waals surface area (Å²) in [5, 5.41) is 0. The third kappa shape index (κ3) is 3.45. The molecule has 4 heteroatoms. The second-order valence-electron chi connectivity index (χ2n) is 4.71. The minimum Gasteiger partial charge on any atom is -0.496 e. The topological polar surface area (TPSA) is 35.5 Å². The highest BCUT2D eigenvalue weighted by Gasteiger charge is 2.17. The third-order valence-corrected chi connectivity index (χ3v) is 4.01. The van der Waals surface area contributed by atoms with E-state index in [-0.39, 0.29) is 5.78 Å². The number of carbonyl (C=O) groups is 1. The SMILES string of the molecule is COc1cc(C(=O)Cc2ccccc2C)c(OC)cc1Br. The standard InChI is InChI=1S/C17H17BrO3/c1-11-6-4-5-7-12(11)8-15(19)13-9-17(21-3)14(18)10-16(13)20-2/h4-7,9-10H,8H2,1-3H3. The molecule has 2 aromatic carbocycles. The summed E-state index contributed by atoms with van der Waals surface area (Å²) in [6.07, 6.45) is 0.341. The molecule has 0 amide bonds. The molecule has 0 saturated carbocycles. The van der Waals surface area contributed by atoms with Gasteiger partial charge in [0.25, 0.3) is 0 Å². The average Bonchev–Trinajstić information content (AvgIpc) is 2.49. The van der Waals surface area contributed by atoms with E-state index in [0.717, 1.165) is 15.6 Å². The quantitative estimate of drug-likeness (QED) is 0.759. The van der Waals surface area contributed by atoms with Crippen molar-refractivity contribution < 1.29 is 14.3 Å². The van der Waals surface area contributed by atoms with Gasteiger partial charge in [-0.2, -0.15) is 0 Å². The Kier molecular flexibility index (Phi) is 5.02. The van der Waals surface area contributed by atoms with Crippen LogP contribution < -0.4 is 9.47 Å². The van der Waals surface area contributed by atoms with Gasteiger partial charge in [0.2, 0.25) is 0 Å². The molecule has 0 aliphatic carbocycles. The number of rotatable bonds is 5. The van der Waals surface area contributed by atoms with Gasteiger partial charge in [-0.15, -0.1) is 0 Å². The first-order valence-corrected chi connectivity index (χ1v) is 7.35. The van der Waals surface area contributed by atoms with Crippen molar-refractivity contribution >= 4 is 21.7 Å². The number of hydrogen-bond acceptors (Lipinski definition) is 3. The van der Waals surface area contributed by atoms with Gasteiger partial charge in [-0.25, -0.2) is 0 Å². The first-order chi connectivity index (χ1) is 10.1. The lowest BCUT2D eigenvalue weighted by Crippen LogP contribution is -2.07. The number of hydrogen-bond donors (Lipinski definition) is 0. The zero-order valence-corrected chi connectivity index (χ0v) is 13.9. The number of benzene rings is 2. The van der Waals surface area contributed by atoms with Gasteiger partial charge in [0.1, 0.15) is 11.5 Å². The van der Waals surface area contributed by atoms with Crippen LogP contribution in [0.4, 0.5) is 0 Å². The van der Waals surface area contributed by atoms with Gasteiger partial charge in [-0.1, -0.05) is 24.3 Å². The molecule has 0 spiro atoms. The molecule has 0 aliphatic heterocycles. The third-order valence-electron chi connectivity index (χ3n) is 3.39. The van der Waals surface area contributed by atoms with Crippen molar-refractivity contribution in [3.8, 4) is 11.5 Å². The monoisotopic (exact) mass is 348 g/mol. The van der Waals surface area contributed by atoms with Crippen LogP contribution in [-0.4, -0.2) is 20.0 Å². The molecule has 110 valence electrons. The summed E-state index contributed by atoms with van der Waals surface area (Å²) in [5.41, 5.74) is 2.65. The van der Waals surface area contributed by atoms with Crippen molar-refractivity contribution in [3.05, 3.63) is 57.6 Å². The lowest BCUT2D eigenvalue weighted by Gasteiger charge is -2.12. The second kappa shape index (κ2) is 6.76. The Balaban J connectivity index is 2.36. The largest absolute Gasteiger partial charge is 0.496 e. The highest BCUT2D eigenvalue weighted by molar-refractivity contribution is 9.10. The highest BCUT2D eigenvalue weighted by Crippen LogP contribution is 2.33. The zero-order valence-electron chi connectivity index (χ0n) is 12.3. The van der Waals surface area contributed by atoms with Crippen LogP contribution in [0.25, 0.3) is 0 Å². The summed E-state index contributed by atoms with van der Waals surface area (Å²) >= 11 is 3.39. The number of aryl methyl sites for hydroxylation is 1. The lowest BCUT2D eigenvalue weighted by molar-refractivity contribution is 0.0989. The van der Waals surface area contributed by atoms with Gasteiger partial charge >= 0.3 is 0 Å². The van der Waals surface area contributed by atoms with Crippen LogP contribution in [0, 0.1) is 6.92 Å². The van der Waals surface area contributed by atoms with Crippen LogP contribution in [0.1, 0.15) is 21.5 Å². The molecule has 0 N–H and O–H groups in total. The molecule has 21 heavy (non-hydrogen) atoms. The first-order valence-electron chi connectivity index (χ1n) is 6.56. The minimum absolute atomic E-state index is 0.00644. The molecule has 0 unspecified atom stereocenters. The van der Waals surface area contributed by atoms with Crippen LogP contribution >= 0.6 is 15.9 Å². The summed E-state index contributed by atoms with van der Waals surface area (Å²) in [6, 6.07) is 11.3. The Morgan fingerprint density at radius 2 is 1.76 bits per heavy atom. The summed E-state index contributed by atoms with van der Waals surface area (Å²) in [7, 11) is 3.13. The maximum Gasteiger partial charge on any atom is 0.171 e. The molecule has 2 aromatic rings. The molecule has 0 aliphatic rings. The number of ether oxygens (including phenoxy) is 2. The van der Waals surface area contributed by atoms with E-state index >= 15 is 0 Å². The fourth-order valence-electron chi connectivity index (χ4n) is 2.15. The van der Waals surface area contributed by atoms with Gasteiger partial charge < -0.3 is 9.47 Å². The maximum absolute atomic E-state index is 12.6. The highest BCUT2D eigenvalue weighted by atomic mass is 79.9. The average molecular weight is 349 g/mol. The van der Waals surface area contributed by atoms with Crippen molar-refractivity contribution in [2.24, 2.45) is 0 Å². The molecule has 0 bridgehead atoms. The van der Waals surface area contributed by atoms with Crippen molar-refractivity contribution in [1.82, 2.24) is 0 Å². The van der Waals surface area contributed by atoms with Gasteiger partial charge in [-0.05, 0) is 46.1 Å². The Labute approximate surface area is 133 Å². The lowest BCUT2D eigenvalue weighted by atomic mass is 9.99. The molecule has 2 rings (SSSR count). The van der Waals surface area contributed by atoms with Crippen molar-refractivity contribution in [3.63, 3.8) is 0 Å². The summed E-state index contributed by atoms with van der Waals surface area (Å²) < 4.78 is 11.3. The van der Waals surface area contributed by atoms with Crippen LogP contribution in [0.2, 0.25) is 0 Å². The molecular weight excluding hydrogens is 332 g/mol. The fraction of sp³-hybridized carbons (Fsp3) is 0.235. The normalized spacial score (nSPS) is 10.3. The van der Waals surface area contributed by atoms with Crippen molar-refractivity contribution in [2.75, 3.05) is 14.2 Å². The Morgan fingerprint density at radius 1 is 1.10 bits per heavy atom. The number of carbonyl (C=O) groups excluding carboxylic acids is 1. The van der Waals surface area contributed by atoms with Crippen molar-refractivity contribution in [1.29, 1.82) is 0 Å². The van der Waals surface area contributed by atoms with E-state index in [4.69, 9.17) is 9.47 Å². The Bertz CT molecular complexity index is 665. The molecule has 0 heterocycles. The zero-order chi connectivity index (χ0) is 15.4. The maximum atomic E-state index is 12.6. The molecule has 0 atom stereocenters. The van der Waals surface area contributed by atoms with E-state index in [0.29, 0.717) is 23.5 Å². The summed E-state index contributed by atoms with van der Waals surface area (Å²) in [4.78, 5) is 12.6. The van der Waals surface area contributed by atoms with Crippen molar-refractivity contribution in [2.45, 2.75) is 13.3 Å². The Morgan fingerprint density at radius 3 is 2.38 bits per heavy atom. The van der Waals surface area contributed by atoms with Gasteiger partial charge in [0.05, 0.1) is 24.3 Å².